The van der Waals surface area contributed by atoms with Crippen LogP contribution >= 0.6 is 0 Å². The van der Waals surface area contributed by atoms with Crippen LogP contribution in [0.25, 0.3) is 0 Å². The van der Waals surface area contributed by atoms with Crippen LogP contribution in [-0.2, 0) is 19.1 Å². The fourth-order valence-electron chi connectivity index (χ4n) is 18.7. The summed E-state index contributed by atoms with van der Waals surface area (Å²) in [5, 5.41) is 0. The summed E-state index contributed by atoms with van der Waals surface area (Å²) in [5.41, 5.74) is 5.34. The number of allylic oxidation sites excluding steroid dienone is 2. The predicted octanol–water partition coefficient (Wildman–Crippen LogP) is 16.5. The lowest BCUT2D eigenvalue weighted by Crippen LogP contribution is -2.53. The van der Waals surface area contributed by atoms with Crippen molar-refractivity contribution >= 4 is 11.9 Å². The van der Waals surface area contributed by atoms with Gasteiger partial charge in [-0.15, -0.1) is 0 Å². The van der Waals surface area contributed by atoms with Crippen LogP contribution in [0, 0.1) is 91.7 Å². The number of hydrogen-bond donors (Lipinski definition) is 0. The van der Waals surface area contributed by atoms with Gasteiger partial charge in [-0.05, 0) is 182 Å². The maximum Gasteiger partial charge on any atom is 0.306 e. The summed E-state index contributed by atoms with van der Waals surface area (Å²) in [5.74, 6) is 7.46. The third kappa shape index (κ3) is 8.39. The molecular weight excluding hydrogens is 785 g/mol. The van der Waals surface area contributed by atoms with Gasteiger partial charge in [-0.2, -0.15) is 0 Å². The summed E-state index contributed by atoms with van der Waals surface area (Å²) < 4.78 is 12.3. The van der Waals surface area contributed by atoms with Crippen LogP contribution in [0.5, 0.6) is 0 Å². The number of ether oxygens (including phenoxy) is 2. The lowest BCUT2D eigenvalue weighted by molar-refractivity contribution is -0.158. The molecule has 0 radical (unpaired) electrons. The molecule has 0 aromatic rings. The Morgan fingerprint density at radius 2 is 0.891 bits per heavy atom. The molecule has 16 atom stereocenters. The van der Waals surface area contributed by atoms with E-state index in [0.29, 0.717) is 21.7 Å². The van der Waals surface area contributed by atoms with Crippen LogP contribution in [0.2, 0.25) is 0 Å². The van der Waals surface area contributed by atoms with Crippen LogP contribution < -0.4 is 0 Å². The van der Waals surface area contributed by atoms with Crippen molar-refractivity contribution in [3.05, 3.63) is 23.3 Å². The minimum atomic E-state index is -0.226. The van der Waals surface area contributed by atoms with Gasteiger partial charge in [0, 0.05) is 12.8 Å². The zero-order valence-electron chi connectivity index (χ0n) is 43.7. The standard InChI is InChI=1S/C60H98O4/c1-39(2)15-13-17-41(5)57(9)33-29-51-47-21-19-43-37-45(25-31-55(43,7)49(47)27-35-59(51,57)11)63-53(61)23-24-54(62)64-46-26-32-56(8)44(38-46)20-22-48-50(56)28-36-60(12)52(48)30-34-58(60,10)42(6)18-14-16-40(3)4/h19-20,39-42,45-52H,13-18,21-38H2,1-12H3/t41-,42-,45+,46+,47-,48-,49+,50+,51+,52+,55+,56+,57-,58-,59+,60+/m1/s1. The Balaban J connectivity index is 0.800. The fourth-order valence-corrected chi connectivity index (χ4v) is 18.7. The molecule has 0 aliphatic heterocycles. The monoisotopic (exact) mass is 883 g/mol. The van der Waals surface area contributed by atoms with Gasteiger partial charge in [-0.1, -0.05) is 145 Å². The van der Waals surface area contributed by atoms with Crippen LogP contribution in [0.1, 0.15) is 237 Å². The van der Waals surface area contributed by atoms with Crippen LogP contribution in [-0.4, -0.2) is 24.1 Å². The van der Waals surface area contributed by atoms with Gasteiger partial charge in [0.15, 0.2) is 0 Å². The highest BCUT2D eigenvalue weighted by atomic mass is 16.6. The molecule has 8 aliphatic rings. The van der Waals surface area contributed by atoms with Crippen LogP contribution in [0.3, 0.4) is 0 Å². The van der Waals surface area contributed by atoms with Crippen LogP contribution in [0.4, 0.5) is 0 Å². The van der Waals surface area contributed by atoms with Crippen molar-refractivity contribution in [2.24, 2.45) is 91.7 Å². The lowest BCUT2D eigenvalue weighted by atomic mass is 9.44. The predicted molar refractivity (Wildman–Crippen MR) is 264 cm³/mol. The minimum absolute atomic E-state index is 0.0680. The van der Waals surface area contributed by atoms with E-state index < -0.39 is 0 Å². The molecule has 0 aromatic carbocycles. The average molecular weight is 883 g/mol. The molecular formula is C60H98O4. The van der Waals surface area contributed by atoms with E-state index in [0.717, 1.165) is 97.7 Å². The second kappa shape index (κ2) is 18.4. The van der Waals surface area contributed by atoms with Crippen molar-refractivity contribution in [1.29, 1.82) is 0 Å². The van der Waals surface area contributed by atoms with Gasteiger partial charge in [0.1, 0.15) is 12.2 Å². The molecule has 8 aliphatic carbocycles. The maximum absolute atomic E-state index is 13.3. The molecule has 0 unspecified atom stereocenters. The highest BCUT2D eigenvalue weighted by Gasteiger charge is 2.65. The summed E-state index contributed by atoms with van der Waals surface area (Å²) in [6, 6.07) is 0. The second-order valence-corrected chi connectivity index (χ2v) is 27.0. The zero-order valence-corrected chi connectivity index (χ0v) is 43.7. The number of rotatable bonds is 15. The molecule has 0 aromatic heterocycles. The van der Waals surface area contributed by atoms with Gasteiger partial charge >= 0.3 is 11.9 Å². The van der Waals surface area contributed by atoms with E-state index in [1.807, 2.05) is 0 Å². The Morgan fingerprint density at radius 1 is 0.516 bits per heavy atom. The highest BCUT2D eigenvalue weighted by Crippen LogP contribution is 2.73. The van der Waals surface area contributed by atoms with E-state index in [9.17, 15) is 9.59 Å². The molecule has 0 amide bonds. The number of carbonyl (C=O) groups is 2. The van der Waals surface area contributed by atoms with Crippen molar-refractivity contribution in [3.63, 3.8) is 0 Å². The molecule has 6 fully saturated rings. The van der Waals surface area contributed by atoms with Crippen molar-refractivity contribution in [2.45, 2.75) is 249 Å². The zero-order chi connectivity index (χ0) is 46.0. The van der Waals surface area contributed by atoms with Crippen molar-refractivity contribution in [1.82, 2.24) is 0 Å². The Bertz CT molecular complexity index is 1630. The van der Waals surface area contributed by atoms with Gasteiger partial charge in [0.05, 0.1) is 12.8 Å². The Morgan fingerprint density at radius 3 is 1.27 bits per heavy atom. The number of fused-ring (bicyclic) bond motifs is 10. The van der Waals surface area contributed by atoms with E-state index in [1.54, 1.807) is 11.1 Å². The molecule has 6 saturated carbocycles. The largest absolute Gasteiger partial charge is 0.462 e. The second-order valence-electron chi connectivity index (χ2n) is 27.0. The van der Waals surface area contributed by atoms with Gasteiger partial charge in [-0.3, -0.25) is 9.59 Å². The topological polar surface area (TPSA) is 52.6 Å². The summed E-state index contributed by atoms with van der Waals surface area (Å²) in [6.45, 7) is 30.5. The third-order valence-electron chi connectivity index (χ3n) is 23.6. The lowest BCUT2D eigenvalue weighted by Gasteiger charge is -2.60. The van der Waals surface area contributed by atoms with Gasteiger partial charge < -0.3 is 9.47 Å². The normalized spacial score (nSPS) is 44.6. The van der Waals surface area contributed by atoms with Gasteiger partial charge in [0.25, 0.3) is 0 Å². The molecule has 64 heavy (non-hydrogen) atoms. The Hall–Kier alpha value is -1.58. The minimum Gasteiger partial charge on any atom is -0.462 e. The van der Waals surface area contributed by atoms with Gasteiger partial charge in [0.2, 0.25) is 0 Å². The number of hydrogen-bond acceptors (Lipinski definition) is 4. The van der Waals surface area contributed by atoms with Crippen molar-refractivity contribution < 1.29 is 19.1 Å². The average Bonchev–Trinajstić information content (AvgIpc) is 3.69. The molecule has 0 heterocycles. The van der Waals surface area contributed by atoms with E-state index in [-0.39, 0.29) is 47.8 Å². The quantitative estimate of drug-likeness (QED) is 0.121. The molecule has 0 bridgehead atoms. The first-order chi connectivity index (χ1) is 30.2. The number of esters is 2. The molecule has 8 rings (SSSR count). The molecule has 0 saturated heterocycles. The molecule has 0 spiro atoms. The van der Waals surface area contributed by atoms with Crippen LogP contribution in [0.15, 0.2) is 23.3 Å². The highest BCUT2D eigenvalue weighted by molar-refractivity contribution is 5.78. The fraction of sp³-hybridized carbons (Fsp3) is 0.900. The van der Waals surface area contributed by atoms with E-state index >= 15 is 0 Å². The SMILES string of the molecule is CC(C)CCC[C@@H](C)[C@@]1(C)CC[C@H]2[C@@H]3CC=C4C[C@@H](OC(=O)CCC(=O)O[C@H]5CC[C@@]6(C)C(=CC[C@@H]7[C@@H]6CC[C@@]6(C)[C@H]7CC[C@]6(C)[C@H](C)CCCC(C)C)C5)CC[C@]4(C)[C@H]3CC[C@@]21C. The Kier molecular flexibility index (Phi) is 14.0. The third-order valence-corrected chi connectivity index (χ3v) is 23.6. The summed E-state index contributed by atoms with van der Waals surface area (Å²) in [6.07, 6.45) is 32.9. The summed E-state index contributed by atoms with van der Waals surface area (Å²) in [7, 11) is 0. The maximum atomic E-state index is 13.3. The summed E-state index contributed by atoms with van der Waals surface area (Å²) >= 11 is 0. The first-order valence-corrected chi connectivity index (χ1v) is 28.0. The smallest absolute Gasteiger partial charge is 0.306 e. The Labute approximate surface area is 393 Å². The molecule has 4 heteroatoms. The first-order valence-electron chi connectivity index (χ1n) is 28.0. The molecule has 362 valence electrons. The first kappa shape index (κ1) is 48.9. The number of carbonyl (C=O) groups excluding carboxylic acids is 2. The summed E-state index contributed by atoms with van der Waals surface area (Å²) in [4.78, 5) is 26.6. The molecule has 0 N–H and O–H groups in total. The van der Waals surface area contributed by atoms with Crippen molar-refractivity contribution in [2.75, 3.05) is 0 Å². The van der Waals surface area contributed by atoms with E-state index in [2.05, 4.69) is 95.2 Å². The van der Waals surface area contributed by atoms with Gasteiger partial charge in [-0.25, -0.2) is 0 Å². The van der Waals surface area contributed by atoms with E-state index in [4.69, 9.17) is 9.47 Å². The molecule has 4 nitrogen and oxygen atoms in total. The van der Waals surface area contributed by atoms with E-state index in [1.165, 1.54) is 103 Å². The van der Waals surface area contributed by atoms with Crippen molar-refractivity contribution in [3.8, 4) is 0 Å².